The molecule has 4 atom stereocenters. The Hall–Kier alpha value is -0.820. The lowest BCUT2D eigenvalue weighted by molar-refractivity contribution is 0.309. The molecule has 0 heterocycles. The van der Waals surface area contributed by atoms with Gasteiger partial charge in [0.2, 0.25) is 0 Å². The van der Waals surface area contributed by atoms with E-state index in [1.165, 1.54) is 44.9 Å². The molecule has 1 aromatic rings. The number of benzene rings is 1. The van der Waals surface area contributed by atoms with E-state index < -0.39 is 0 Å². The minimum absolute atomic E-state index is 0.411. The van der Waals surface area contributed by atoms with Gasteiger partial charge in [0.1, 0.15) is 0 Å². The normalized spacial score (nSPS) is 32.0. The SMILES string of the molecule is CC1CCCC1C(N)CC1CCCc2ccccc21. The predicted octanol–water partition coefficient (Wildman–Crippen LogP) is 4.26. The first-order valence-electron chi connectivity index (χ1n) is 8.09. The van der Waals surface area contributed by atoms with E-state index in [-0.39, 0.29) is 0 Å². The number of aryl methyl sites for hydroxylation is 1. The Bertz CT molecular complexity index is 425. The molecule has 0 aliphatic heterocycles. The van der Waals surface area contributed by atoms with Gasteiger partial charge in [0.15, 0.2) is 0 Å². The molecule has 2 N–H and O–H groups in total. The van der Waals surface area contributed by atoms with E-state index in [1.54, 1.807) is 11.1 Å². The van der Waals surface area contributed by atoms with Gasteiger partial charge in [-0.15, -0.1) is 0 Å². The van der Waals surface area contributed by atoms with Gasteiger partial charge < -0.3 is 5.73 Å². The van der Waals surface area contributed by atoms with Crippen LogP contribution in [-0.4, -0.2) is 6.04 Å². The lowest BCUT2D eigenvalue weighted by atomic mass is 9.76. The van der Waals surface area contributed by atoms with Crippen LogP contribution in [0.3, 0.4) is 0 Å². The first-order valence-corrected chi connectivity index (χ1v) is 8.09. The van der Waals surface area contributed by atoms with Gasteiger partial charge in [0.05, 0.1) is 0 Å². The molecule has 0 amide bonds. The lowest BCUT2D eigenvalue weighted by Gasteiger charge is -2.31. The highest BCUT2D eigenvalue weighted by Gasteiger charge is 2.31. The van der Waals surface area contributed by atoms with Gasteiger partial charge in [-0.2, -0.15) is 0 Å². The third kappa shape index (κ3) is 2.72. The molecule has 104 valence electrons. The van der Waals surface area contributed by atoms with Gasteiger partial charge in [-0.05, 0) is 61.0 Å². The molecule has 2 aliphatic rings. The number of nitrogens with two attached hydrogens (primary N) is 1. The van der Waals surface area contributed by atoms with Crippen LogP contribution in [0.1, 0.15) is 62.5 Å². The summed E-state index contributed by atoms with van der Waals surface area (Å²) in [6.45, 7) is 2.40. The fraction of sp³-hybridized carbons (Fsp3) is 0.667. The van der Waals surface area contributed by atoms with Crippen molar-refractivity contribution in [3.63, 3.8) is 0 Å². The summed E-state index contributed by atoms with van der Waals surface area (Å²) < 4.78 is 0. The molecule has 0 radical (unpaired) electrons. The summed E-state index contributed by atoms with van der Waals surface area (Å²) in [5.74, 6) is 2.33. The average molecular weight is 257 g/mol. The first kappa shape index (κ1) is 13.2. The molecule has 1 aromatic carbocycles. The van der Waals surface area contributed by atoms with Crippen LogP contribution in [0.5, 0.6) is 0 Å². The molecule has 0 aromatic heterocycles. The second-order valence-corrected chi connectivity index (χ2v) is 6.76. The van der Waals surface area contributed by atoms with Crippen LogP contribution in [0.15, 0.2) is 24.3 Å². The van der Waals surface area contributed by atoms with Gasteiger partial charge in [-0.3, -0.25) is 0 Å². The molecular weight excluding hydrogens is 230 g/mol. The Morgan fingerprint density at radius 1 is 1.16 bits per heavy atom. The van der Waals surface area contributed by atoms with Gasteiger partial charge in [0, 0.05) is 6.04 Å². The van der Waals surface area contributed by atoms with Crippen LogP contribution in [0.25, 0.3) is 0 Å². The van der Waals surface area contributed by atoms with Crippen molar-refractivity contribution >= 4 is 0 Å². The Kier molecular flexibility index (Phi) is 3.93. The van der Waals surface area contributed by atoms with Crippen molar-refractivity contribution in [3.05, 3.63) is 35.4 Å². The molecule has 1 saturated carbocycles. The van der Waals surface area contributed by atoms with E-state index in [9.17, 15) is 0 Å². The van der Waals surface area contributed by atoms with Gasteiger partial charge in [-0.25, -0.2) is 0 Å². The first-order chi connectivity index (χ1) is 9.25. The zero-order chi connectivity index (χ0) is 13.2. The molecular formula is C18H27N. The number of rotatable bonds is 3. The Balaban J connectivity index is 1.70. The topological polar surface area (TPSA) is 26.0 Å². The van der Waals surface area contributed by atoms with Crippen LogP contribution < -0.4 is 5.73 Å². The van der Waals surface area contributed by atoms with Crippen molar-refractivity contribution in [2.75, 3.05) is 0 Å². The molecule has 1 nitrogen and oxygen atoms in total. The highest BCUT2D eigenvalue weighted by molar-refractivity contribution is 5.32. The fourth-order valence-electron chi connectivity index (χ4n) is 4.41. The molecule has 0 bridgehead atoms. The zero-order valence-corrected chi connectivity index (χ0v) is 12.1. The third-order valence-corrected chi connectivity index (χ3v) is 5.53. The van der Waals surface area contributed by atoms with Crippen LogP contribution in [0, 0.1) is 11.8 Å². The molecule has 4 unspecified atom stereocenters. The Morgan fingerprint density at radius 3 is 2.79 bits per heavy atom. The second kappa shape index (κ2) is 5.66. The van der Waals surface area contributed by atoms with E-state index in [2.05, 4.69) is 31.2 Å². The lowest BCUT2D eigenvalue weighted by Crippen LogP contribution is -2.34. The van der Waals surface area contributed by atoms with E-state index in [0.29, 0.717) is 12.0 Å². The monoisotopic (exact) mass is 257 g/mol. The van der Waals surface area contributed by atoms with E-state index in [4.69, 9.17) is 5.73 Å². The van der Waals surface area contributed by atoms with Gasteiger partial charge >= 0.3 is 0 Å². The summed E-state index contributed by atoms with van der Waals surface area (Å²) in [6.07, 6.45) is 9.28. The maximum absolute atomic E-state index is 6.56. The smallest absolute Gasteiger partial charge is 0.00755 e. The van der Waals surface area contributed by atoms with Crippen molar-refractivity contribution in [3.8, 4) is 0 Å². The van der Waals surface area contributed by atoms with Crippen molar-refractivity contribution in [1.82, 2.24) is 0 Å². The second-order valence-electron chi connectivity index (χ2n) is 6.76. The highest BCUT2D eigenvalue weighted by atomic mass is 14.7. The van der Waals surface area contributed by atoms with Crippen molar-refractivity contribution in [2.24, 2.45) is 17.6 Å². The maximum Gasteiger partial charge on any atom is 0.00755 e. The molecule has 19 heavy (non-hydrogen) atoms. The van der Waals surface area contributed by atoms with Gasteiger partial charge in [0.25, 0.3) is 0 Å². The number of hydrogen-bond donors (Lipinski definition) is 1. The summed E-state index contributed by atoms with van der Waals surface area (Å²) in [5.41, 5.74) is 9.72. The quantitative estimate of drug-likeness (QED) is 0.860. The van der Waals surface area contributed by atoms with Crippen LogP contribution in [-0.2, 0) is 6.42 Å². The summed E-state index contributed by atoms with van der Waals surface area (Å²) in [6, 6.07) is 9.43. The van der Waals surface area contributed by atoms with Crippen molar-refractivity contribution in [2.45, 2.75) is 63.8 Å². The Labute approximate surface area is 117 Å². The number of hydrogen-bond acceptors (Lipinski definition) is 1. The zero-order valence-electron chi connectivity index (χ0n) is 12.1. The number of fused-ring (bicyclic) bond motifs is 1. The highest BCUT2D eigenvalue weighted by Crippen LogP contribution is 2.39. The van der Waals surface area contributed by atoms with Crippen LogP contribution in [0.2, 0.25) is 0 Å². The van der Waals surface area contributed by atoms with E-state index >= 15 is 0 Å². The molecule has 0 spiro atoms. The van der Waals surface area contributed by atoms with Gasteiger partial charge in [-0.1, -0.05) is 44.0 Å². The van der Waals surface area contributed by atoms with Crippen LogP contribution in [0.4, 0.5) is 0 Å². The fourth-order valence-corrected chi connectivity index (χ4v) is 4.41. The van der Waals surface area contributed by atoms with Crippen molar-refractivity contribution in [1.29, 1.82) is 0 Å². The summed E-state index contributed by atoms with van der Waals surface area (Å²) in [7, 11) is 0. The van der Waals surface area contributed by atoms with E-state index in [0.717, 1.165) is 11.8 Å². The Morgan fingerprint density at radius 2 is 2.00 bits per heavy atom. The summed E-state index contributed by atoms with van der Waals surface area (Å²) >= 11 is 0. The largest absolute Gasteiger partial charge is 0.327 e. The minimum Gasteiger partial charge on any atom is -0.327 e. The standard InChI is InChI=1S/C18H27N/c1-13-6-4-11-16(13)18(19)12-15-9-5-8-14-7-2-3-10-17(14)15/h2-3,7,10,13,15-16,18H,4-6,8-9,11-12,19H2,1H3. The molecule has 0 saturated heterocycles. The van der Waals surface area contributed by atoms with E-state index in [1.807, 2.05) is 0 Å². The predicted molar refractivity (Wildman–Crippen MR) is 81.2 cm³/mol. The molecule has 1 fully saturated rings. The van der Waals surface area contributed by atoms with Crippen LogP contribution >= 0.6 is 0 Å². The average Bonchev–Trinajstić information content (AvgIpc) is 2.85. The van der Waals surface area contributed by atoms with Crippen molar-refractivity contribution < 1.29 is 0 Å². The molecule has 3 rings (SSSR count). The molecule has 2 aliphatic carbocycles. The summed E-state index contributed by atoms with van der Waals surface area (Å²) in [4.78, 5) is 0. The third-order valence-electron chi connectivity index (χ3n) is 5.53. The molecule has 1 heteroatoms. The minimum atomic E-state index is 0.411. The summed E-state index contributed by atoms with van der Waals surface area (Å²) in [5, 5.41) is 0. The maximum atomic E-state index is 6.56.